The zero-order valence-electron chi connectivity index (χ0n) is 10.1. The van der Waals surface area contributed by atoms with Crippen LogP contribution in [-0.2, 0) is 13.6 Å². The molecule has 0 unspecified atom stereocenters. The molecule has 1 aromatic rings. The highest BCUT2D eigenvalue weighted by Crippen LogP contribution is 2.17. The summed E-state index contributed by atoms with van der Waals surface area (Å²) in [5, 5.41) is 7.49. The first-order chi connectivity index (χ1) is 7.74. The van der Waals surface area contributed by atoms with Crippen molar-refractivity contribution in [2.45, 2.75) is 38.3 Å². The summed E-state index contributed by atoms with van der Waals surface area (Å²) in [5.74, 6) is 0.539. The van der Waals surface area contributed by atoms with Crippen molar-refractivity contribution in [2.75, 3.05) is 0 Å². The Morgan fingerprint density at radius 1 is 1.59 bits per heavy atom. The van der Waals surface area contributed by atoms with Gasteiger partial charge in [-0.3, -0.25) is 4.68 Å². The first-order valence-corrected chi connectivity index (χ1v) is 5.79. The van der Waals surface area contributed by atoms with Crippen molar-refractivity contribution < 1.29 is 0 Å². The summed E-state index contributed by atoms with van der Waals surface area (Å²) in [4.78, 5) is 4.28. The average Bonchev–Trinajstić information content (AvgIpc) is 2.87. The van der Waals surface area contributed by atoms with E-state index in [0.29, 0.717) is 18.5 Å². The summed E-state index contributed by atoms with van der Waals surface area (Å²) in [6.07, 6.45) is 6.92. The van der Waals surface area contributed by atoms with Crippen LogP contribution in [0.15, 0.2) is 17.3 Å². The van der Waals surface area contributed by atoms with Crippen LogP contribution < -0.4 is 11.1 Å². The molecule has 0 bridgehead atoms. The van der Waals surface area contributed by atoms with E-state index in [1.165, 1.54) is 25.7 Å². The van der Waals surface area contributed by atoms with E-state index >= 15 is 0 Å². The molecule has 1 fully saturated rings. The molecule has 0 radical (unpaired) electrons. The van der Waals surface area contributed by atoms with Crippen molar-refractivity contribution in [1.82, 2.24) is 15.1 Å². The first kappa shape index (κ1) is 14.3. The van der Waals surface area contributed by atoms with Crippen LogP contribution in [0.4, 0.5) is 0 Å². The molecule has 1 aromatic heterocycles. The van der Waals surface area contributed by atoms with Gasteiger partial charge in [0.15, 0.2) is 5.96 Å². The highest BCUT2D eigenvalue weighted by atomic mass is 127. The van der Waals surface area contributed by atoms with Crippen molar-refractivity contribution in [2.24, 2.45) is 17.8 Å². The average molecular weight is 349 g/mol. The third kappa shape index (κ3) is 4.53. The van der Waals surface area contributed by atoms with E-state index in [9.17, 15) is 0 Å². The molecule has 0 amide bonds. The van der Waals surface area contributed by atoms with Crippen molar-refractivity contribution in [1.29, 1.82) is 0 Å². The fourth-order valence-corrected chi connectivity index (χ4v) is 2.04. The van der Waals surface area contributed by atoms with Gasteiger partial charge in [-0.1, -0.05) is 12.8 Å². The van der Waals surface area contributed by atoms with E-state index in [2.05, 4.69) is 15.4 Å². The zero-order valence-corrected chi connectivity index (χ0v) is 12.4. The van der Waals surface area contributed by atoms with Gasteiger partial charge < -0.3 is 11.1 Å². The standard InChI is InChI=1S/C11H19N5.HI/c1-16-7-6-10(15-16)8-13-11(12)14-9-4-2-3-5-9;/h6-7,9H,2-5,8H2,1H3,(H3,12,13,14);1H. The molecule has 0 aliphatic heterocycles. The van der Waals surface area contributed by atoms with E-state index < -0.39 is 0 Å². The Balaban J connectivity index is 0.00000144. The summed E-state index contributed by atoms with van der Waals surface area (Å²) in [6, 6.07) is 2.47. The minimum absolute atomic E-state index is 0. The van der Waals surface area contributed by atoms with Gasteiger partial charge in [0.05, 0.1) is 12.2 Å². The number of nitrogens with one attached hydrogen (secondary N) is 1. The van der Waals surface area contributed by atoms with Gasteiger partial charge in [0.2, 0.25) is 0 Å². The van der Waals surface area contributed by atoms with Crippen LogP contribution in [0, 0.1) is 0 Å². The Bertz CT molecular complexity index is 368. The first-order valence-electron chi connectivity index (χ1n) is 5.79. The molecule has 1 aliphatic carbocycles. The van der Waals surface area contributed by atoms with Crippen molar-refractivity contribution in [3.63, 3.8) is 0 Å². The Labute approximate surface area is 119 Å². The molecule has 0 spiro atoms. The summed E-state index contributed by atoms with van der Waals surface area (Å²) in [5.41, 5.74) is 6.76. The number of nitrogens with zero attached hydrogens (tertiary/aromatic N) is 3. The molecular weight excluding hydrogens is 329 g/mol. The normalized spacial score (nSPS) is 16.9. The molecule has 0 aromatic carbocycles. The lowest BCUT2D eigenvalue weighted by molar-refractivity contribution is 0.624. The molecule has 6 heteroatoms. The number of hydrogen-bond acceptors (Lipinski definition) is 2. The lowest BCUT2D eigenvalue weighted by atomic mass is 10.2. The van der Waals surface area contributed by atoms with E-state index in [0.717, 1.165) is 5.69 Å². The van der Waals surface area contributed by atoms with Gasteiger partial charge in [-0.05, 0) is 18.9 Å². The lowest BCUT2D eigenvalue weighted by Crippen LogP contribution is -2.38. The monoisotopic (exact) mass is 349 g/mol. The molecule has 0 saturated heterocycles. The number of halogens is 1. The van der Waals surface area contributed by atoms with Gasteiger partial charge in [0.1, 0.15) is 0 Å². The Kier molecular flexibility index (Phi) is 5.73. The molecule has 5 nitrogen and oxygen atoms in total. The second-order valence-electron chi connectivity index (χ2n) is 4.31. The number of aromatic nitrogens is 2. The topological polar surface area (TPSA) is 68.2 Å². The Morgan fingerprint density at radius 3 is 2.88 bits per heavy atom. The maximum Gasteiger partial charge on any atom is 0.189 e. The van der Waals surface area contributed by atoms with E-state index in [4.69, 9.17) is 5.73 Å². The number of aliphatic imine (C=N–C) groups is 1. The quantitative estimate of drug-likeness (QED) is 0.492. The van der Waals surface area contributed by atoms with Crippen molar-refractivity contribution in [3.8, 4) is 0 Å². The van der Waals surface area contributed by atoms with Gasteiger partial charge in [0, 0.05) is 19.3 Å². The van der Waals surface area contributed by atoms with Crippen LogP contribution in [0.1, 0.15) is 31.4 Å². The minimum Gasteiger partial charge on any atom is -0.370 e. The predicted molar refractivity (Wildman–Crippen MR) is 79.3 cm³/mol. The fraction of sp³-hybridized carbons (Fsp3) is 0.636. The molecule has 96 valence electrons. The molecule has 17 heavy (non-hydrogen) atoms. The largest absolute Gasteiger partial charge is 0.370 e. The number of rotatable bonds is 3. The van der Waals surface area contributed by atoms with Crippen LogP contribution in [0.3, 0.4) is 0 Å². The summed E-state index contributed by atoms with van der Waals surface area (Å²) < 4.78 is 1.77. The smallest absolute Gasteiger partial charge is 0.189 e. The van der Waals surface area contributed by atoms with Crippen molar-refractivity contribution >= 4 is 29.9 Å². The number of guanidine groups is 1. The number of hydrogen-bond donors (Lipinski definition) is 2. The summed E-state index contributed by atoms with van der Waals surface area (Å²) in [7, 11) is 1.90. The van der Waals surface area contributed by atoms with Crippen LogP contribution in [-0.4, -0.2) is 21.8 Å². The van der Waals surface area contributed by atoms with Gasteiger partial charge in [0.25, 0.3) is 0 Å². The second kappa shape index (κ2) is 6.83. The van der Waals surface area contributed by atoms with Crippen LogP contribution in [0.2, 0.25) is 0 Å². The van der Waals surface area contributed by atoms with E-state index in [-0.39, 0.29) is 24.0 Å². The number of nitrogens with two attached hydrogens (primary N) is 1. The maximum absolute atomic E-state index is 5.81. The molecule has 0 atom stereocenters. The molecule has 1 heterocycles. The van der Waals surface area contributed by atoms with Crippen LogP contribution in [0.5, 0.6) is 0 Å². The molecule has 1 saturated carbocycles. The molecule has 3 N–H and O–H groups in total. The second-order valence-corrected chi connectivity index (χ2v) is 4.31. The lowest BCUT2D eigenvalue weighted by Gasteiger charge is -2.11. The van der Waals surface area contributed by atoms with Gasteiger partial charge in [-0.15, -0.1) is 24.0 Å². The molecule has 1 aliphatic rings. The van der Waals surface area contributed by atoms with Gasteiger partial charge >= 0.3 is 0 Å². The van der Waals surface area contributed by atoms with E-state index in [1.54, 1.807) is 4.68 Å². The third-order valence-electron chi connectivity index (χ3n) is 2.89. The minimum atomic E-state index is 0. The van der Waals surface area contributed by atoms with Crippen LogP contribution >= 0.6 is 24.0 Å². The molecule has 2 rings (SSSR count). The summed E-state index contributed by atoms with van der Waals surface area (Å²) in [6.45, 7) is 0.548. The maximum atomic E-state index is 5.81. The van der Waals surface area contributed by atoms with E-state index in [1.807, 2.05) is 19.3 Å². The van der Waals surface area contributed by atoms with Gasteiger partial charge in [-0.25, -0.2) is 4.99 Å². The third-order valence-corrected chi connectivity index (χ3v) is 2.89. The summed E-state index contributed by atoms with van der Waals surface area (Å²) >= 11 is 0. The SMILES string of the molecule is Cn1ccc(CN=C(N)NC2CCCC2)n1.I. The fourth-order valence-electron chi connectivity index (χ4n) is 2.04. The van der Waals surface area contributed by atoms with Crippen molar-refractivity contribution in [3.05, 3.63) is 18.0 Å². The number of aryl methyl sites for hydroxylation is 1. The highest BCUT2D eigenvalue weighted by Gasteiger charge is 2.14. The zero-order chi connectivity index (χ0) is 11.4. The van der Waals surface area contributed by atoms with Gasteiger partial charge in [-0.2, -0.15) is 5.10 Å². The highest BCUT2D eigenvalue weighted by molar-refractivity contribution is 14.0. The van der Waals surface area contributed by atoms with Crippen LogP contribution in [0.25, 0.3) is 0 Å². The Morgan fingerprint density at radius 2 is 2.29 bits per heavy atom. The predicted octanol–water partition coefficient (Wildman–Crippen LogP) is 1.38. The Hall–Kier alpha value is -0.790. The molecular formula is C11H20IN5.